The third-order valence-electron chi connectivity index (χ3n) is 6.39. The summed E-state index contributed by atoms with van der Waals surface area (Å²) in [5.74, 6) is 1.72. The average molecular weight is 534 g/mol. The highest BCUT2D eigenvalue weighted by molar-refractivity contribution is 6.32. The number of anilines is 4. The lowest BCUT2D eigenvalue weighted by Gasteiger charge is -2.31. The SMILES string of the molecule is FC(F)(F)c1ccc(Nc2nc(NCCN3CCOCC3)nc3c2CCN(c2ncccc2Cl)C3)cc1. The van der Waals surface area contributed by atoms with E-state index in [0.29, 0.717) is 54.3 Å². The summed E-state index contributed by atoms with van der Waals surface area (Å²) in [4.78, 5) is 18.3. The number of benzene rings is 1. The van der Waals surface area contributed by atoms with E-state index in [0.717, 1.165) is 56.2 Å². The van der Waals surface area contributed by atoms with Gasteiger partial charge in [0.2, 0.25) is 5.95 Å². The topological polar surface area (TPSA) is 78.4 Å². The van der Waals surface area contributed by atoms with Gasteiger partial charge in [0, 0.05) is 50.2 Å². The first-order chi connectivity index (χ1) is 17.9. The van der Waals surface area contributed by atoms with Crippen molar-refractivity contribution in [3.8, 4) is 0 Å². The number of hydrogen-bond acceptors (Lipinski definition) is 8. The summed E-state index contributed by atoms with van der Waals surface area (Å²) >= 11 is 6.39. The van der Waals surface area contributed by atoms with Crippen molar-refractivity contribution in [2.45, 2.75) is 19.1 Å². The Balaban J connectivity index is 1.38. The second kappa shape index (κ2) is 11.1. The molecule has 2 N–H and O–H groups in total. The number of rotatable bonds is 7. The standard InChI is InChI=1S/C25H27ClF3N7O/c26-20-2-1-8-30-23(20)36-10-7-19-21(16-36)33-24(31-9-11-35-12-14-37-15-13-35)34-22(19)32-18-5-3-17(4-6-18)25(27,28)29/h1-6,8H,7,9-16H2,(H2,31,32,33,34). The number of hydrogen-bond donors (Lipinski definition) is 2. The Hall–Kier alpha value is -3.15. The highest BCUT2D eigenvalue weighted by Crippen LogP contribution is 2.33. The molecule has 0 spiro atoms. The van der Waals surface area contributed by atoms with Crippen molar-refractivity contribution in [1.82, 2.24) is 19.9 Å². The van der Waals surface area contributed by atoms with Crippen LogP contribution in [0.3, 0.4) is 0 Å². The van der Waals surface area contributed by atoms with Crippen LogP contribution in [0.1, 0.15) is 16.8 Å². The predicted molar refractivity (Wildman–Crippen MR) is 137 cm³/mol. The van der Waals surface area contributed by atoms with Gasteiger partial charge in [0.15, 0.2) is 0 Å². The molecule has 0 radical (unpaired) electrons. The fourth-order valence-corrected chi connectivity index (χ4v) is 4.67. The van der Waals surface area contributed by atoms with Crippen molar-refractivity contribution in [2.75, 3.05) is 61.5 Å². The first kappa shape index (κ1) is 25.5. The second-order valence-electron chi connectivity index (χ2n) is 8.88. The summed E-state index contributed by atoms with van der Waals surface area (Å²) in [6.07, 6.45) is -2.06. The Kier molecular flexibility index (Phi) is 7.63. The molecule has 12 heteroatoms. The van der Waals surface area contributed by atoms with Crippen LogP contribution >= 0.6 is 11.6 Å². The zero-order valence-corrected chi connectivity index (χ0v) is 20.8. The summed E-state index contributed by atoms with van der Waals surface area (Å²) in [5.41, 5.74) is 1.55. The molecule has 8 nitrogen and oxygen atoms in total. The Morgan fingerprint density at radius 1 is 1.03 bits per heavy atom. The number of alkyl halides is 3. The van der Waals surface area contributed by atoms with Crippen molar-refractivity contribution < 1.29 is 17.9 Å². The molecule has 0 amide bonds. The molecule has 1 aromatic carbocycles. The summed E-state index contributed by atoms with van der Waals surface area (Å²) in [7, 11) is 0. The van der Waals surface area contributed by atoms with Crippen LogP contribution in [-0.2, 0) is 23.9 Å². The van der Waals surface area contributed by atoms with Gasteiger partial charge in [0.25, 0.3) is 0 Å². The molecule has 4 heterocycles. The molecule has 2 aliphatic heterocycles. The normalized spacial score (nSPS) is 16.4. The van der Waals surface area contributed by atoms with Crippen molar-refractivity contribution in [2.24, 2.45) is 0 Å². The molecule has 37 heavy (non-hydrogen) atoms. The predicted octanol–water partition coefficient (Wildman–Crippen LogP) is 4.59. The van der Waals surface area contributed by atoms with Crippen LogP contribution in [-0.4, -0.2) is 65.8 Å². The smallest absolute Gasteiger partial charge is 0.379 e. The van der Waals surface area contributed by atoms with E-state index in [1.807, 2.05) is 0 Å². The van der Waals surface area contributed by atoms with E-state index in [9.17, 15) is 13.2 Å². The molecule has 3 aromatic rings. The van der Waals surface area contributed by atoms with E-state index in [4.69, 9.17) is 26.3 Å². The minimum absolute atomic E-state index is 0.454. The number of aromatic nitrogens is 3. The zero-order valence-electron chi connectivity index (χ0n) is 20.1. The minimum Gasteiger partial charge on any atom is -0.379 e. The third-order valence-corrected chi connectivity index (χ3v) is 6.69. The number of ether oxygens (including phenoxy) is 1. The van der Waals surface area contributed by atoms with Gasteiger partial charge in [-0.25, -0.2) is 9.97 Å². The Morgan fingerprint density at radius 3 is 2.54 bits per heavy atom. The number of morpholine rings is 1. The van der Waals surface area contributed by atoms with Gasteiger partial charge in [-0.3, -0.25) is 4.90 Å². The van der Waals surface area contributed by atoms with Gasteiger partial charge in [0.1, 0.15) is 11.6 Å². The molecule has 5 rings (SSSR count). The van der Waals surface area contributed by atoms with E-state index >= 15 is 0 Å². The molecule has 2 aromatic heterocycles. The van der Waals surface area contributed by atoms with Crippen LogP contribution in [0.4, 0.5) is 36.4 Å². The monoisotopic (exact) mass is 533 g/mol. The number of pyridine rings is 1. The van der Waals surface area contributed by atoms with Gasteiger partial charge in [0.05, 0.1) is 36.0 Å². The highest BCUT2D eigenvalue weighted by atomic mass is 35.5. The highest BCUT2D eigenvalue weighted by Gasteiger charge is 2.30. The Labute approximate surface area is 217 Å². The lowest BCUT2D eigenvalue weighted by Crippen LogP contribution is -2.39. The maximum atomic E-state index is 13.0. The van der Waals surface area contributed by atoms with E-state index in [1.165, 1.54) is 12.1 Å². The van der Waals surface area contributed by atoms with E-state index in [2.05, 4.69) is 25.4 Å². The number of halogens is 4. The summed E-state index contributed by atoms with van der Waals surface area (Å²) in [5, 5.41) is 7.08. The number of nitrogens with one attached hydrogen (secondary N) is 2. The van der Waals surface area contributed by atoms with Crippen LogP contribution in [0.15, 0.2) is 42.6 Å². The Bertz CT molecular complexity index is 1220. The minimum atomic E-state index is -4.39. The molecular formula is C25H27ClF3N7O. The van der Waals surface area contributed by atoms with Crippen molar-refractivity contribution in [3.63, 3.8) is 0 Å². The summed E-state index contributed by atoms with van der Waals surface area (Å²) < 4.78 is 44.4. The fourth-order valence-electron chi connectivity index (χ4n) is 4.43. The van der Waals surface area contributed by atoms with E-state index in [-0.39, 0.29) is 0 Å². The van der Waals surface area contributed by atoms with E-state index < -0.39 is 11.7 Å². The van der Waals surface area contributed by atoms with Gasteiger partial charge in [-0.2, -0.15) is 18.2 Å². The molecule has 0 saturated carbocycles. The lowest BCUT2D eigenvalue weighted by atomic mass is 10.0. The lowest BCUT2D eigenvalue weighted by molar-refractivity contribution is -0.137. The summed E-state index contributed by atoms with van der Waals surface area (Å²) in [6.45, 7) is 5.81. The number of nitrogens with zero attached hydrogens (tertiary/aromatic N) is 5. The first-order valence-corrected chi connectivity index (χ1v) is 12.5. The van der Waals surface area contributed by atoms with Gasteiger partial charge < -0.3 is 20.3 Å². The largest absolute Gasteiger partial charge is 0.416 e. The van der Waals surface area contributed by atoms with Gasteiger partial charge in [-0.1, -0.05) is 11.6 Å². The van der Waals surface area contributed by atoms with Crippen LogP contribution in [0, 0.1) is 0 Å². The fraction of sp³-hybridized carbons (Fsp3) is 0.400. The molecule has 2 aliphatic rings. The molecular weight excluding hydrogens is 507 g/mol. The summed E-state index contributed by atoms with van der Waals surface area (Å²) in [6, 6.07) is 8.52. The number of fused-ring (bicyclic) bond motifs is 1. The third kappa shape index (κ3) is 6.23. The maximum absolute atomic E-state index is 13.0. The van der Waals surface area contributed by atoms with Crippen molar-refractivity contribution in [3.05, 3.63) is 64.4 Å². The Morgan fingerprint density at radius 2 is 1.81 bits per heavy atom. The quantitative estimate of drug-likeness (QED) is 0.456. The van der Waals surface area contributed by atoms with Gasteiger partial charge in [-0.05, 0) is 42.8 Å². The first-order valence-electron chi connectivity index (χ1n) is 12.1. The van der Waals surface area contributed by atoms with Crippen LogP contribution < -0.4 is 15.5 Å². The molecule has 0 bridgehead atoms. The molecule has 1 fully saturated rings. The van der Waals surface area contributed by atoms with Crippen LogP contribution in [0.25, 0.3) is 0 Å². The molecule has 0 aliphatic carbocycles. The van der Waals surface area contributed by atoms with Crippen molar-refractivity contribution in [1.29, 1.82) is 0 Å². The molecule has 1 saturated heterocycles. The van der Waals surface area contributed by atoms with Crippen molar-refractivity contribution >= 4 is 34.9 Å². The van der Waals surface area contributed by atoms with Gasteiger partial charge >= 0.3 is 6.18 Å². The van der Waals surface area contributed by atoms with E-state index in [1.54, 1.807) is 18.3 Å². The van der Waals surface area contributed by atoms with Gasteiger partial charge in [-0.15, -0.1) is 0 Å². The molecule has 0 atom stereocenters. The van der Waals surface area contributed by atoms with Crippen LogP contribution in [0.2, 0.25) is 5.02 Å². The average Bonchev–Trinajstić information content (AvgIpc) is 2.89. The molecule has 0 unspecified atom stereocenters. The maximum Gasteiger partial charge on any atom is 0.416 e. The zero-order chi connectivity index (χ0) is 25.8. The molecule has 196 valence electrons. The second-order valence-corrected chi connectivity index (χ2v) is 9.29. The van der Waals surface area contributed by atoms with Crippen LogP contribution in [0.5, 0.6) is 0 Å².